The molecule has 3 aliphatic rings. The summed E-state index contributed by atoms with van der Waals surface area (Å²) in [5, 5.41) is 10.9. The number of benzene rings is 2. The zero-order valence-corrected chi connectivity index (χ0v) is 22.6. The third-order valence-electron chi connectivity index (χ3n) is 8.17. The fourth-order valence-electron chi connectivity index (χ4n) is 6.66. The van der Waals surface area contributed by atoms with Crippen LogP contribution in [0, 0.1) is 11.8 Å². The molecular formula is C30H33ClN2O6. The molecule has 0 radical (unpaired) electrons. The summed E-state index contributed by atoms with van der Waals surface area (Å²) in [6.07, 6.45) is 2.38. The van der Waals surface area contributed by atoms with Crippen LogP contribution in [0.4, 0.5) is 5.69 Å². The number of likely N-dealkylation sites (tertiary alicyclic amines) is 1. The maximum Gasteiger partial charge on any atom is 0.312 e. The molecule has 39 heavy (non-hydrogen) atoms. The van der Waals surface area contributed by atoms with Gasteiger partial charge >= 0.3 is 5.97 Å². The molecule has 2 aromatic rings. The van der Waals surface area contributed by atoms with Gasteiger partial charge in [0, 0.05) is 6.54 Å². The minimum Gasteiger partial charge on any atom is -0.466 e. The Labute approximate surface area is 233 Å². The second kappa shape index (κ2) is 11.1. The number of para-hydroxylation sites is 1. The van der Waals surface area contributed by atoms with E-state index in [1.165, 1.54) is 9.80 Å². The Morgan fingerprint density at radius 1 is 1.26 bits per heavy atom. The Kier molecular flexibility index (Phi) is 7.80. The molecule has 206 valence electrons. The Hall–Kier alpha value is -3.20. The number of rotatable bonds is 10. The van der Waals surface area contributed by atoms with E-state index in [1.54, 1.807) is 37.3 Å². The lowest BCUT2D eigenvalue weighted by Crippen LogP contribution is -2.59. The van der Waals surface area contributed by atoms with Crippen molar-refractivity contribution in [3.63, 3.8) is 0 Å². The molecule has 1 spiro atoms. The van der Waals surface area contributed by atoms with Crippen LogP contribution in [0.3, 0.4) is 0 Å². The second-order valence-corrected chi connectivity index (χ2v) is 10.7. The van der Waals surface area contributed by atoms with Crippen molar-refractivity contribution < 1.29 is 29.0 Å². The predicted molar refractivity (Wildman–Crippen MR) is 146 cm³/mol. The number of nitrogens with zero attached hydrogens (tertiary/aromatic N) is 2. The minimum atomic E-state index is -1.22. The van der Waals surface area contributed by atoms with Crippen molar-refractivity contribution in [2.24, 2.45) is 11.8 Å². The van der Waals surface area contributed by atoms with Gasteiger partial charge in [-0.15, -0.1) is 6.58 Å². The molecule has 0 unspecified atom stereocenters. The monoisotopic (exact) mass is 552 g/mol. The molecule has 3 heterocycles. The molecule has 3 aliphatic heterocycles. The molecule has 0 saturated carbocycles. The molecule has 0 aromatic heterocycles. The lowest BCUT2D eigenvalue weighted by Gasteiger charge is -2.39. The molecule has 6 atom stereocenters. The summed E-state index contributed by atoms with van der Waals surface area (Å²) in [6, 6.07) is 14.7. The highest BCUT2D eigenvalue weighted by Gasteiger charge is 2.75. The molecule has 2 amide bonds. The van der Waals surface area contributed by atoms with Crippen molar-refractivity contribution in [3.05, 3.63) is 77.8 Å². The Bertz CT molecular complexity index is 1260. The van der Waals surface area contributed by atoms with Crippen molar-refractivity contribution in [3.8, 4) is 0 Å². The quantitative estimate of drug-likeness (QED) is 0.358. The molecule has 2 bridgehead atoms. The van der Waals surface area contributed by atoms with Crippen molar-refractivity contribution in [1.29, 1.82) is 0 Å². The number of esters is 1. The Morgan fingerprint density at radius 3 is 2.64 bits per heavy atom. The second-order valence-electron chi connectivity index (χ2n) is 10.3. The molecule has 0 aliphatic carbocycles. The lowest BCUT2D eigenvalue weighted by atomic mass is 9.70. The number of hydrogen-bond acceptors (Lipinski definition) is 6. The smallest absolute Gasteiger partial charge is 0.312 e. The number of hydrogen-bond donors (Lipinski definition) is 1. The molecule has 1 N–H and O–H groups in total. The summed E-state index contributed by atoms with van der Waals surface area (Å²) >= 11 is 6.51. The first kappa shape index (κ1) is 27.4. The number of carbonyl (C=O) groups is 3. The van der Waals surface area contributed by atoms with E-state index < -0.39 is 47.5 Å². The Balaban J connectivity index is 1.61. The molecule has 5 rings (SSSR count). The van der Waals surface area contributed by atoms with Crippen LogP contribution >= 0.6 is 11.6 Å². The van der Waals surface area contributed by atoms with E-state index in [4.69, 9.17) is 21.1 Å². The average Bonchev–Trinajstić information content (AvgIpc) is 3.59. The van der Waals surface area contributed by atoms with E-state index in [0.29, 0.717) is 30.0 Å². The number of anilines is 1. The molecular weight excluding hydrogens is 520 g/mol. The SMILES string of the molecule is C=CCN(C(=O)[C@@H]1N([C@@H](CO)Cc2ccccc2)C(=O)[C@H]2[C@H](C(=O)OCC)[C@@H]3CC[C@]12O3)c1ccccc1Cl. The molecule has 9 heteroatoms. The number of halogens is 1. The maximum absolute atomic E-state index is 14.6. The normalized spacial score (nSPS) is 27.8. The van der Waals surface area contributed by atoms with E-state index in [1.807, 2.05) is 30.3 Å². The fourth-order valence-corrected chi connectivity index (χ4v) is 6.90. The van der Waals surface area contributed by atoms with E-state index in [9.17, 15) is 19.5 Å². The highest BCUT2D eigenvalue weighted by atomic mass is 35.5. The van der Waals surface area contributed by atoms with Crippen LogP contribution in [-0.2, 0) is 30.3 Å². The molecule has 8 nitrogen and oxygen atoms in total. The minimum absolute atomic E-state index is 0.148. The van der Waals surface area contributed by atoms with E-state index in [-0.39, 0.29) is 25.7 Å². The zero-order chi connectivity index (χ0) is 27.7. The van der Waals surface area contributed by atoms with E-state index >= 15 is 0 Å². The zero-order valence-electron chi connectivity index (χ0n) is 21.9. The summed E-state index contributed by atoms with van der Waals surface area (Å²) in [7, 11) is 0. The number of aliphatic hydroxyl groups is 1. The van der Waals surface area contributed by atoms with Gasteiger partial charge in [-0.2, -0.15) is 0 Å². The Morgan fingerprint density at radius 2 is 1.97 bits per heavy atom. The van der Waals surface area contributed by atoms with Crippen LogP contribution in [0.15, 0.2) is 67.3 Å². The summed E-state index contributed by atoms with van der Waals surface area (Å²) in [6.45, 7) is 5.50. The van der Waals surface area contributed by atoms with Crippen LogP contribution in [0.2, 0.25) is 5.02 Å². The van der Waals surface area contributed by atoms with Gasteiger partial charge in [-0.1, -0.05) is 60.1 Å². The van der Waals surface area contributed by atoms with Gasteiger partial charge in [0.05, 0.1) is 47.9 Å². The number of amides is 2. The third kappa shape index (κ3) is 4.54. The number of carbonyl (C=O) groups excluding carboxylic acids is 3. The maximum atomic E-state index is 14.6. The average molecular weight is 553 g/mol. The first-order valence-electron chi connectivity index (χ1n) is 13.4. The van der Waals surface area contributed by atoms with Gasteiger partial charge < -0.3 is 24.4 Å². The third-order valence-corrected chi connectivity index (χ3v) is 8.49. The topological polar surface area (TPSA) is 96.4 Å². The van der Waals surface area contributed by atoms with Crippen molar-refractivity contribution in [2.45, 2.75) is 50.0 Å². The van der Waals surface area contributed by atoms with Crippen LogP contribution in [0.1, 0.15) is 25.3 Å². The van der Waals surface area contributed by atoms with Gasteiger partial charge in [0.15, 0.2) is 0 Å². The number of aliphatic hydroxyl groups excluding tert-OH is 1. The van der Waals surface area contributed by atoms with Crippen molar-refractivity contribution in [2.75, 3.05) is 24.7 Å². The van der Waals surface area contributed by atoms with Crippen LogP contribution in [0.5, 0.6) is 0 Å². The van der Waals surface area contributed by atoms with Gasteiger partial charge in [-0.05, 0) is 43.9 Å². The van der Waals surface area contributed by atoms with Gasteiger partial charge in [0.1, 0.15) is 11.6 Å². The van der Waals surface area contributed by atoms with E-state index in [2.05, 4.69) is 6.58 Å². The van der Waals surface area contributed by atoms with Crippen LogP contribution in [0.25, 0.3) is 0 Å². The van der Waals surface area contributed by atoms with Crippen molar-refractivity contribution in [1.82, 2.24) is 4.90 Å². The fraction of sp³-hybridized carbons (Fsp3) is 0.433. The highest BCUT2D eigenvalue weighted by molar-refractivity contribution is 6.34. The highest BCUT2D eigenvalue weighted by Crippen LogP contribution is 2.59. The largest absolute Gasteiger partial charge is 0.466 e. The van der Waals surface area contributed by atoms with Gasteiger partial charge in [0.2, 0.25) is 5.91 Å². The molecule has 2 aromatic carbocycles. The number of ether oxygens (including phenoxy) is 2. The first-order valence-corrected chi connectivity index (χ1v) is 13.7. The number of fused-ring (bicyclic) bond motifs is 1. The van der Waals surface area contributed by atoms with Crippen LogP contribution in [-0.4, -0.2) is 71.3 Å². The summed E-state index contributed by atoms with van der Waals surface area (Å²) in [4.78, 5) is 44.9. The summed E-state index contributed by atoms with van der Waals surface area (Å²) < 4.78 is 11.8. The molecule has 3 fully saturated rings. The first-order chi connectivity index (χ1) is 18.9. The van der Waals surface area contributed by atoms with Crippen molar-refractivity contribution >= 4 is 35.1 Å². The van der Waals surface area contributed by atoms with Gasteiger partial charge in [-0.3, -0.25) is 14.4 Å². The van der Waals surface area contributed by atoms with E-state index in [0.717, 1.165) is 5.56 Å². The van der Waals surface area contributed by atoms with Gasteiger partial charge in [-0.25, -0.2) is 0 Å². The predicted octanol–water partition coefficient (Wildman–Crippen LogP) is 3.40. The summed E-state index contributed by atoms with van der Waals surface area (Å²) in [5.74, 6) is -2.95. The van der Waals surface area contributed by atoms with Crippen LogP contribution < -0.4 is 4.90 Å². The summed E-state index contributed by atoms with van der Waals surface area (Å²) in [5.41, 5.74) is 0.168. The molecule has 3 saturated heterocycles. The van der Waals surface area contributed by atoms with Gasteiger partial charge in [0.25, 0.3) is 5.91 Å². The lowest BCUT2D eigenvalue weighted by molar-refractivity contribution is -0.155. The standard InChI is InChI=1S/C30H33ClN2O6/c1-3-16-32(22-13-9-8-12-21(22)31)28(36)26-30-15-14-23(39-30)24(29(37)38-4-2)25(30)27(35)33(26)20(18-34)17-19-10-6-5-7-11-19/h3,5-13,20,23-26,34H,1,4,14-18H2,2H3/t20-,23+,24-,25-,26+,30-/m1/s1.